The molecule has 4 nitrogen and oxygen atoms in total. The van der Waals surface area contributed by atoms with E-state index in [1.54, 1.807) is 0 Å². The van der Waals surface area contributed by atoms with E-state index < -0.39 is 11.6 Å². The highest BCUT2D eigenvalue weighted by atomic mass is 35.5. The van der Waals surface area contributed by atoms with Gasteiger partial charge in [0.05, 0.1) is 24.9 Å². The molecule has 134 valence electrons. The van der Waals surface area contributed by atoms with Crippen molar-refractivity contribution < 1.29 is 15.3 Å². The molecule has 0 aliphatic rings. The summed E-state index contributed by atoms with van der Waals surface area (Å²) in [7, 11) is 0. The van der Waals surface area contributed by atoms with Crippen LogP contribution in [0, 0.1) is 0 Å². The lowest BCUT2D eigenvalue weighted by Crippen LogP contribution is -2.48. The summed E-state index contributed by atoms with van der Waals surface area (Å²) in [5, 5.41) is 28.6. The molecule has 0 heterocycles. The molecule has 5 heteroatoms. The number of hydrogen-bond donors (Lipinski definition) is 4. The molecule has 1 aromatic rings. The van der Waals surface area contributed by atoms with Crippen LogP contribution < -0.4 is 5.73 Å². The van der Waals surface area contributed by atoms with Gasteiger partial charge in [-0.3, -0.25) is 0 Å². The summed E-state index contributed by atoms with van der Waals surface area (Å²) in [4.78, 5) is 0. The zero-order valence-corrected chi connectivity index (χ0v) is 14.9. The minimum Gasteiger partial charge on any atom is -0.394 e. The van der Waals surface area contributed by atoms with Crippen LogP contribution in [-0.2, 0) is 6.42 Å². The predicted molar refractivity (Wildman–Crippen MR) is 96.8 cm³/mol. The first-order valence-corrected chi connectivity index (χ1v) is 8.32. The lowest BCUT2D eigenvalue weighted by atomic mass is 9.91. The maximum absolute atomic E-state index is 10.2. The van der Waals surface area contributed by atoms with Crippen molar-refractivity contribution in [2.45, 2.75) is 63.5 Å². The van der Waals surface area contributed by atoms with Crippen molar-refractivity contribution in [3.8, 4) is 0 Å². The van der Waals surface area contributed by atoms with Crippen molar-refractivity contribution in [3.05, 3.63) is 35.4 Å². The molecule has 1 unspecified atom stereocenters. The van der Waals surface area contributed by atoms with Gasteiger partial charge in [-0.25, -0.2) is 0 Å². The van der Waals surface area contributed by atoms with E-state index >= 15 is 0 Å². The van der Waals surface area contributed by atoms with Crippen molar-refractivity contribution in [3.63, 3.8) is 0 Å². The fourth-order valence-electron chi connectivity index (χ4n) is 2.52. The average Bonchev–Trinajstić information content (AvgIpc) is 2.55. The molecule has 1 atom stereocenters. The lowest BCUT2D eigenvalue weighted by molar-refractivity contribution is 0.0618. The number of nitrogens with two attached hydrogens (primary N) is 1. The van der Waals surface area contributed by atoms with Gasteiger partial charge in [-0.2, -0.15) is 0 Å². The number of aliphatic hydroxyl groups is 3. The zero-order valence-electron chi connectivity index (χ0n) is 14.1. The Morgan fingerprint density at radius 2 is 1.57 bits per heavy atom. The molecule has 0 aromatic heterocycles. The highest BCUT2D eigenvalue weighted by molar-refractivity contribution is 5.85. The molecule has 0 radical (unpaired) electrons. The van der Waals surface area contributed by atoms with E-state index in [0.29, 0.717) is 0 Å². The molecule has 1 aromatic carbocycles. The Hall–Kier alpha value is -0.650. The van der Waals surface area contributed by atoms with E-state index in [1.165, 1.54) is 37.7 Å². The van der Waals surface area contributed by atoms with Crippen LogP contribution in [0.5, 0.6) is 0 Å². The fraction of sp³-hybridized carbons (Fsp3) is 0.667. The smallest absolute Gasteiger partial charge is 0.0809 e. The Kier molecular flexibility index (Phi) is 11.5. The molecule has 0 saturated carbocycles. The maximum Gasteiger partial charge on any atom is 0.0809 e. The van der Waals surface area contributed by atoms with Gasteiger partial charge < -0.3 is 21.1 Å². The van der Waals surface area contributed by atoms with Crippen LogP contribution in [0.1, 0.15) is 62.7 Å². The number of hydrogen-bond acceptors (Lipinski definition) is 4. The number of rotatable bonds is 11. The van der Waals surface area contributed by atoms with Gasteiger partial charge in [0.2, 0.25) is 0 Å². The van der Waals surface area contributed by atoms with Gasteiger partial charge in [0, 0.05) is 0 Å². The second kappa shape index (κ2) is 11.8. The average molecular weight is 346 g/mol. The second-order valence-electron chi connectivity index (χ2n) is 6.30. The van der Waals surface area contributed by atoms with Gasteiger partial charge in [-0.1, -0.05) is 56.9 Å². The first-order chi connectivity index (χ1) is 10.5. The van der Waals surface area contributed by atoms with Crippen LogP contribution in [0.4, 0.5) is 0 Å². The summed E-state index contributed by atoms with van der Waals surface area (Å²) < 4.78 is 0. The minimum atomic E-state index is -1.14. The zero-order chi connectivity index (χ0) is 16.4. The van der Waals surface area contributed by atoms with Crippen molar-refractivity contribution in [2.75, 3.05) is 13.2 Å². The first kappa shape index (κ1) is 22.4. The third-order valence-electron chi connectivity index (χ3n) is 4.16. The molecular formula is C18H32ClNO3. The molecule has 0 saturated heterocycles. The predicted octanol–water partition coefficient (Wildman–Crippen LogP) is 2.73. The first-order valence-electron chi connectivity index (χ1n) is 8.32. The van der Waals surface area contributed by atoms with Gasteiger partial charge in [-0.05, 0) is 30.4 Å². The Bertz CT molecular complexity index is 407. The molecule has 23 heavy (non-hydrogen) atoms. The van der Waals surface area contributed by atoms with Crippen LogP contribution in [0.25, 0.3) is 0 Å². The van der Waals surface area contributed by atoms with E-state index in [4.69, 9.17) is 5.73 Å². The van der Waals surface area contributed by atoms with Gasteiger partial charge in [0.15, 0.2) is 0 Å². The summed E-state index contributed by atoms with van der Waals surface area (Å²) in [5.41, 5.74) is 6.71. The lowest BCUT2D eigenvalue weighted by Gasteiger charge is -2.27. The van der Waals surface area contributed by atoms with Gasteiger partial charge in [0.1, 0.15) is 0 Å². The quantitative estimate of drug-likeness (QED) is 0.464. The Labute approximate surface area is 146 Å². The highest BCUT2D eigenvalue weighted by Gasteiger charge is 2.27. The Morgan fingerprint density at radius 1 is 1.00 bits per heavy atom. The monoisotopic (exact) mass is 345 g/mol. The van der Waals surface area contributed by atoms with Gasteiger partial charge >= 0.3 is 0 Å². The van der Waals surface area contributed by atoms with E-state index in [2.05, 4.69) is 6.92 Å². The third kappa shape index (κ3) is 8.13. The molecule has 0 amide bonds. The summed E-state index contributed by atoms with van der Waals surface area (Å²) >= 11 is 0. The van der Waals surface area contributed by atoms with Gasteiger partial charge in [0.25, 0.3) is 0 Å². The molecule has 0 fully saturated rings. The normalized spacial score (nSPS) is 12.7. The van der Waals surface area contributed by atoms with E-state index in [9.17, 15) is 15.3 Å². The van der Waals surface area contributed by atoms with Crippen LogP contribution >= 0.6 is 12.4 Å². The summed E-state index contributed by atoms with van der Waals surface area (Å²) in [5.74, 6) is 0. The largest absolute Gasteiger partial charge is 0.394 e. The Balaban J connectivity index is 0.00000484. The van der Waals surface area contributed by atoms with E-state index in [1.807, 2.05) is 24.3 Å². The van der Waals surface area contributed by atoms with Crippen LogP contribution in [-0.4, -0.2) is 34.1 Å². The molecule has 1 rings (SSSR count). The number of aryl methyl sites for hydroxylation is 1. The topological polar surface area (TPSA) is 86.7 Å². The van der Waals surface area contributed by atoms with E-state index in [0.717, 1.165) is 12.0 Å². The number of unbranched alkanes of at least 4 members (excludes halogenated alkanes) is 4. The fourth-order valence-corrected chi connectivity index (χ4v) is 2.52. The van der Waals surface area contributed by atoms with Crippen molar-refractivity contribution in [1.82, 2.24) is 0 Å². The number of halogens is 1. The van der Waals surface area contributed by atoms with Gasteiger partial charge in [-0.15, -0.1) is 12.4 Å². The molecular weight excluding hydrogens is 314 g/mol. The molecule has 0 aliphatic heterocycles. The van der Waals surface area contributed by atoms with Crippen LogP contribution in [0.15, 0.2) is 24.3 Å². The van der Waals surface area contributed by atoms with Crippen molar-refractivity contribution >= 4 is 12.4 Å². The number of aliphatic hydroxyl groups excluding tert-OH is 3. The molecule has 0 aliphatic carbocycles. The van der Waals surface area contributed by atoms with E-state index in [-0.39, 0.29) is 32.0 Å². The van der Waals surface area contributed by atoms with Crippen molar-refractivity contribution in [2.24, 2.45) is 5.73 Å². The molecule has 0 bridgehead atoms. The van der Waals surface area contributed by atoms with Crippen LogP contribution in [0.3, 0.4) is 0 Å². The standard InChI is InChI=1S/C18H31NO3.ClH/c1-2-3-4-5-6-7-15-8-10-16(11-9-15)17(22)12-18(19,13-20)14-21;/h8-11,17,20-22H,2-7,12-14,19H2,1H3;1H. The second-order valence-corrected chi connectivity index (χ2v) is 6.30. The maximum atomic E-state index is 10.2. The molecule has 5 N–H and O–H groups in total. The minimum absolute atomic E-state index is 0. The Morgan fingerprint density at radius 3 is 2.09 bits per heavy atom. The summed E-state index contributed by atoms with van der Waals surface area (Å²) in [6.07, 6.45) is 6.75. The summed E-state index contributed by atoms with van der Waals surface area (Å²) in [6, 6.07) is 7.88. The third-order valence-corrected chi connectivity index (χ3v) is 4.16. The summed E-state index contributed by atoms with van der Waals surface area (Å²) in [6.45, 7) is 1.51. The van der Waals surface area contributed by atoms with Crippen molar-refractivity contribution in [1.29, 1.82) is 0 Å². The SMILES string of the molecule is CCCCCCCc1ccc(C(O)CC(N)(CO)CO)cc1.Cl. The molecule has 0 spiro atoms. The number of benzene rings is 1. The van der Waals surface area contributed by atoms with Crippen LogP contribution in [0.2, 0.25) is 0 Å². The highest BCUT2D eigenvalue weighted by Crippen LogP contribution is 2.23.